The Kier molecular flexibility index (Phi) is 8.80. The minimum atomic E-state index is -1.06. The van der Waals surface area contributed by atoms with Gasteiger partial charge in [-0.2, -0.15) is 0 Å². The van der Waals surface area contributed by atoms with Crippen LogP contribution in [0.25, 0.3) is 6.08 Å². The van der Waals surface area contributed by atoms with E-state index in [0.29, 0.717) is 47.1 Å². The van der Waals surface area contributed by atoms with Crippen molar-refractivity contribution in [2.75, 3.05) is 34.6 Å². The number of phenolic OH excluding ortho intramolecular Hbond substituents is 2. The summed E-state index contributed by atoms with van der Waals surface area (Å²) in [6.45, 7) is 1.69. The lowest BCUT2D eigenvalue weighted by molar-refractivity contribution is -0.131. The first kappa shape index (κ1) is 28.3. The molecule has 5 rings (SSSR count). The molecule has 3 aromatic carbocycles. The van der Waals surface area contributed by atoms with Gasteiger partial charge in [-0.25, -0.2) is 4.79 Å². The Morgan fingerprint density at radius 1 is 0.975 bits per heavy atom. The number of nitrogens with zero attached hydrogens (tertiary/aromatic N) is 1. The fourth-order valence-corrected chi connectivity index (χ4v) is 4.56. The minimum absolute atomic E-state index is 0.0707. The number of carbonyl (C=O) groups is 2. The van der Waals surface area contributed by atoms with Gasteiger partial charge in [0.1, 0.15) is 0 Å². The highest BCUT2D eigenvalue weighted by Crippen LogP contribution is 2.38. The summed E-state index contributed by atoms with van der Waals surface area (Å²) >= 11 is 0. The van der Waals surface area contributed by atoms with E-state index in [1.54, 1.807) is 14.2 Å². The Hall–Kier alpha value is -4.70. The van der Waals surface area contributed by atoms with Crippen LogP contribution in [0.5, 0.6) is 34.5 Å². The molecule has 2 aliphatic heterocycles. The molecule has 0 aliphatic carbocycles. The molecule has 0 radical (unpaired) electrons. The first-order valence-corrected chi connectivity index (χ1v) is 12.5. The number of ether oxygens (including phenoxy) is 4. The van der Waals surface area contributed by atoms with E-state index in [1.807, 2.05) is 24.3 Å². The molecule has 0 saturated carbocycles. The monoisotopic (exact) mass is 549 g/mol. The number of benzene rings is 3. The highest BCUT2D eigenvalue weighted by Gasteiger charge is 2.25. The average molecular weight is 550 g/mol. The highest BCUT2D eigenvalue weighted by atomic mass is 16.7. The lowest BCUT2D eigenvalue weighted by atomic mass is 9.92. The zero-order chi connectivity index (χ0) is 28.8. The maximum absolute atomic E-state index is 13.1. The second-order valence-corrected chi connectivity index (χ2v) is 9.31. The van der Waals surface area contributed by atoms with Crippen LogP contribution >= 0.6 is 0 Å². The standard InChI is InChI=1S/C21H23NO5.C9H8O4/c1-22-7-6-14-9-19-20(27-12-26-19)10-15(14)17(23)8-13-4-5-18(24-2)21(25-3)16(13)11-22;10-7-3-1-6(5-8(7)11)2-4-9(12)13/h4-5,9-10H,6-8,11-12H2,1-3H3;1-5,10-11H,(H,12,13)/b;4-2+. The van der Waals surface area contributed by atoms with Crippen molar-refractivity contribution in [1.29, 1.82) is 0 Å². The van der Waals surface area contributed by atoms with E-state index in [1.165, 1.54) is 24.3 Å². The largest absolute Gasteiger partial charge is 0.504 e. The molecule has 0 saturated heterocycles. The number of hydrogen-bond acceptors (Lipinski definition) is 9. The van der Waals surface area contributed by atoms with Crippen molar-refractivity contribution in [3.63, 3.8) is 0 Å². The summed E-state index contributed by atoms with van der Waals surface area (Å²) in [4.78, 5) is 25.5. The van der Waals surface area contributed by atoms with Crippen LogP contribution in [0.2, 0.25) is 0 Å². The molecule has 0 amide bonds. The Balaban J connectivity index is 0.000000240. The quantitative estimate of drug-likeness (QED) is 0.323. The molecule has 0 spiro atoms. The molecular weight excluding hydrogens is 518 g/mol. The van der Waals surface area contributed by atoms with Gasteiger partial charge in [-0.05, 0) is 66.6 Å². The molecule has 0 bridgehead atoms. The number of aromatic hydroxyl groups is 2. The van der Waals surface area contributed by atoms with Gasteiger partial charge in [-0.1, -0.05) is 12.1 Å². The van der Waals surface area contributed by atoms with Crippen molar-refractivity contribution in [2.45, 2.75) is 19.4 Å². The summed E-state index contributed by atoms with van der Waals surface area (Å²) in [7, 11) is 5.33. The number of hydrogen-bond donors (Lipinski definition) is 3. The predicted octanol–water partition coefficient (Wildman–Crippen LogP) is 4.04. The van der Waals surface area contributed by atoms with E-state index in [4.69, 9.17) is 34.3 Å². The van der Waals surface area contributed by atoms with Crippen LogP contribution in [0.1, 0.15) is 32.6 Å². The van der Waals surface area contributed by atoms with Gasteiger partial charge in [0.05, 0.1) is 14.2 Å². The van der Waals surface area contributed by atoms with Crippen LogP contribution in [-0.2, 0) is 24.2 Å². The Morgan fingerprint density at radius 3 is 2.40 bits per heavy atom. The average Bonchev–Trinajstić information content (AvgIpc) is 3.40. The number of ketones is 1. The summed E-state index contributed by atoms with van der Waals surface area (Å²) < 4.78 is 22.0. The number of likely N-dealkylation sites (N-methyl/N-ethyl adjacent to an activating group) is 1. The Morgan fingerprint density at radius 2 is 1.73 bits per heavy atom. The van der Waals surface area contributed by atoms with E-state index in [0.717, 1.165) is 35.7 Å². The fraction of sp³-hybridized carbons (Fsp3) is 0.267. The van der Waals surface area contributed by atoms with Crippen LogP contribution in [0, 0.1) is 0 Å². The first-order valence-electron chi connectivity index (χ1n) is 12.5. The molecule has 2 aliphatic rings. The van der Waals surface area contributed by atoms with Gasteiger partial charge >= 0.3 is 5.97 Å². The molecule has 0 atom stereocenters. The fourth-order valence-electron chi connectivity index (χ4n) is 4.56. The molecule has 0 aromatic heterocycles. The number of carboxylic acid groups (broad SMARTS) is 1. The van der Waals surface area contributed by atoms with Crippen molar-refractivity contribution in [3.05, 3.63) is 76.4 Å². The van der Waals surface area contributed by atoms with Gasteiger partial charge in [-0.3, -0.25) is 4.79 Å². The van der Waals surface area contributed by atoms with Gasteiger partial charge in [0.2, 0.25) is 6.79 Å². The van der Waals surface area contributed by atoms with E-state index in [2.05, 4.69) is 11.9 Å². The van der Waals surface area contributed by atoms with Gasteiger partial charge < -0.3 is 39.2 Å². The van der Waals surface area contributed by atoms with Crippen molar-refractivity contribution >= 4 is 17.8 Å². The summed E-state index contributed by atoms with van der Waals surface area (Å²) in [5.74, 6) is 1.24. The molecule has 3 aromatic rings. The van der Waals surface area contributed by atoms with Crippen LogP contribution in [-0.4, -0.2) is 66.6 Å². The lowest BCUT2D eigenvalue weighted by Crippen LogP contribution is -2.24. The number of carboxylic acids is 1. The summed E-state index contributed by atoms with van der Waals surface area (Å²) in [5.41, 5.74) is 4.17. The minimum Gasteiger partial charge on any atom is -0.504 e. The second-order valence-electron chi connectivity index (χ2n) is 9.31. The number of phenols is 2. The van der Waals surface area contributed by atoms with Gasteiger partial charge in [0.15, 0.2) is 40.3 Å². The molecule has 10 heteroatoms. The van der Waals surface area contributed by atoms with Crippen LogP contribution in [0.4, 0.5) is 0 Å². The van der Waals surface area contributed by atoms with Gasteiger partial charge in [-0.15, -0.1) is 0 Å². The summed E-state index contributed by atoms with van der Waals surface area (Å²) in [6, 6.07) is 11.6. The smallest absolute Gasteiger partial charge is 0.328 e. The van der Waals surface area contributed by atoms with Crippen molar-refractivity contribution in [3.8, 4) is 34.5 Å². The van der Waals surface area contributed by atoms with E-state index in [9.17, 15) is 9.59 Å². The molecule has 3 N–H and O–H groups in total. The third-order valence-corrected chi connectivity index (χ3v) is 6.60. The predicted molar refractivity (Wildman–Crippen MR) is 147 cm³/mol. The zero-order valence-electron chi connectivity index (χ0n) is 22.5. The molecule has 0 unspecified atom stereocenters. The molecule has 2 heterocycles. The second kappa shape index (κ2) is 12.4. The summed E-state index contributed by atoms with van der Waals surface area (Å²) in [6.07, 6.45) is 3.33. The number of carbonyl (C=O) groups excluding carboxylic acids is 1. The zero-order valence-corrected chi connectivity index (χ0v) is 22.5. The van der Waals surface area contributed by atoms with Crippen molar-refractivity contribution in [1.82, 2.24) is 4.90 Å². The number of fused-ring (bicyclic) bond motifs is 3. The van der Waals surface area contributed by atoms with Crippen molar-refractivity contribution in [2.24, 2.45) is 0 Å². The Bertz CT molecular complexity index is 1450. The van der Waals surface area contributed by atoms with E-state index < -0.39 is 5.97 Å². The molecule has 10 nitrogen and oxygen atoms in total. The highest BCUT2D eigenvalue weighted by molar-refractivity contribution is 6.00. The molecule has 40 heavy (non-hydrogen) atoms. The molecule has 210 valence electrons. The van der Waals surface area contributed by atoms with E-state index in [-0.39, 0.29) is 24.1 Å². The maximum atomic E-state index is 13.1. The van der Waals surface area contributed by atoms with Crippen LogP contribution in [0.15, 0.2) is 48.5 Å². The van der Waals surface area contributed by atoms with Gasteiger partial charge in [0, 0.05) is 36.7 Å². The molecular formula is C30H31NO9. The van der Waals surface area contributed by atoms with Crippen LogP contribution in [0.3, 0.4) is 0 Å². The van der Waals surface area contributed by atoms with E-state index >= 15 is 0 Å². The topological polar surface area (TPSA) is 135 Å². The van der Waals surface area contributed by atoms with Crippen LogP contribution < -0.4 is 18.9 Å². The SMILES string of the molecule is COc1ccc2c(c1OC)CN(C)CCc1cc3c(cc1C(=O)C2)OCO3.O=C(O)/C=C/c1ccc(O)c(O)c1. The number of rotatable bonds is 4. The third kappa shape index (κ3) is 6.47. The summed E-state index contributed by atoms with van der Waals surface area (Å²) in [5, 5.41) is 26.3. The first-order chi connectivity index (χ1) is 19.2. The van der Waals surface area contributed by atoms with Crippen molar-refractivity contribution < 1.29 is 43.9 Å². The molecule has 0 fully saturated rings. The lowest BCUT2D eigenvalue weighted by Gasteiger charge is -2.24. The normalized spacial score (nSPS) is 14.5. The van der Waals surface area contributed by atoms with Gasteiger partial charge in [0.25, 0.3) is 0 Å². The Labute approximate surface area is 231 Å². The number of aliphatic carboxylic acids is 1. The maximum Gasteiger partial charge on any atom is 0.328 e. The third-order valence-electron chi connectivity index (χ3n) is 6.60. The number of methoxy groups -OCH3 is 2. The number of Topliss-reactive ketones (excluding diaryl/α,β-unsaturated/α-hetero) is 1.